The second-order valence-electron chi connectivity index (χ2n) is 4.22. The van der Waals surface area contributed by atoms with E-state index in [-0.39, 0.29) is 18.1 Å². The Balaban J connectivity index is 1.88. The van der Waals surface area contributed by atoms with Gasteiger partial charge in [0, 0.05) is 10.0 Å². The zero-order chi connectivity index (χ0) is 15.2. The Hall–Kier alpha value is -2.21. The molecule has 0 saturated heterocycles. The van der Waals surface area contributed by atoms with Gasteiger partial charge in [-0.15, -0.1) is 0 Å². The SMILES string of the molecule is O=C(CNC(=O)c1ccc(Br)cc1)Nc1ccccc1F. The Morgan fingerprint density at radius 1 is 1.05 bits per heavy atom. The largest absolute Gasteiger partial charge is 0.343 e. The van der Waals surface area contributed by atoms with Crippen LogP contribution in [-0.4, -0.2) is 18.4 Å². The quantitative estimate of drug-likeness (QED) is 0.890. The predicted molar refractivity (Wildman–Crippen MR) is 81.5 cm³/mol. The van der Waals surface area contributed by atoms with Gasteiger partial charge in [-0.25, -0.2) is 4.39 Å². The maximum atomic E-state index is 13.3. The maximum absolute atomic E-state index is 13.3. The Bertz CT molecular complexity index is 659. The molecule has 2 N–H and O–H groups in total. The van der Waals surface area contributed by atoms with Crippen molar-refractivity contribution in [1.29, 1.82) is 0 Å². The molecule has 0 saturated carbocycles. The highest BCUT2D eigenvalue weighted by molar-refractivity contribution is 9.10. The molecule has 2 rings (SSSR count). The summed E-state index contributed by atoms with van der Waals surface area (Å²) in [6, 6.07) is 12.6. The van der Waals surface area contributed by atoms with E-state index in [0.29, 0.717) is 5.56 Å². The number of rotatable bonds is 4. The molecule has 0 aliphatic rings. The van der Waals surface area contributed by atoms with Crippen molar-refractivity contribution in [1.82, 2.24) is 5.32 Å². The fourth-order valence-corrected chi connectivity index (χ4v) is 1.89. The van der Waals surface area contributed by atoms with Crippen LogP contribution < -0.4 is 10.6 Å². The maximum Gasteiger partial charge on any atom is 0.251 e. The van der Waals surface area contributed by atoms with Gasteiger partial charge in [-0.3, -0.25) is 9.59 Å². The minimum atomic E-state index is -0.523. The van der Waals surface area contributed by atoms with Gasteiger partial charge in [0.1, 0.15) is 5.82 Å². The fourth-order valence-electron chi connectivity index (χ4n) is 1.62. The molecule has 0 aromatic heterocycles. The second-order valence-corrected chi connectivity index (χ2v) is 5.13. The molecule has 0 radical (unpaired) electrons. The molecule has 0 bridgehead atoms. The number of amides is 2. The number of benzene rings is 2. The summed E-state index contributed by atoms with van der Waals surface area (Å²) in [5.74, 6) is -1.39. The van der Waals surface area contributed by atoms with Gasteiger partial charge in [-0.05, 0) is 36.4 Å². The van der Waals surface area contributed by atoms with Crippen molar-refractivity contribution in [2.24, 2.45) is 0 Å². The molecule has 0 atom stereocenters. The molecule has 0 aliphatic carbocycles. The van der Waals surface area contributed by atoms with Crippen molar-refractivity contribution < 1.29 is 14.0 Å². The first kappa shape index (κ1) is 15.2. The highest BCUT2D eigenvalue weighted by Gasteiger charge is 2.09. The number of hydrogen-bond acceptors (Lipinski definition) is 2. The molecule has 2 amide bonds. The fraction of sp³-hybridized carbons (Fsp3) is 0.0667. The van der Waals surface area contributed by atoms with E-state index < -0.39 is 11.7 Å². The molecule has 21 heavy (non-hydrogen) atoms. The van der Waals surface area contributed by atoms with E-state index in [1.165, 1.54) is 18.2 Å². The summed E-state index contributed by atoms with van der Waals surface area (Å²) in [5, 5.41) is 4.86. The highest BCUT2D eigenvalue weighted by Crippen LogP contribution is 2.12. The number of para-hydroxylation sites is 1. The average Bonchev–Trinajstić information content (AvgIpc) is 2.48. The Morgan fingerprint density at radius 2 is 1.71 bits per heavy atom. The number of carbonyl (C=O) groups excluding carboxylic acids is 2. The summed E-state index contributed by atoms with van der Waals surface area (Å²) < 4.78 is 14.2. The van der Waals surface area contributed by atoms with Crippen LogP contribution in [0.3, 0.4) is 0 Å². The molecular weight excluding hydrogens is 339 g/mol. The van der Waals surface area contributed by atoms with Crippen LogP contribution in [0.1, 0.15) is 10.4 Å². The molecule has 108 valence electrons. The van der Waals surface area contributed by atoms with Gasteiger partial charge in [-0.1, -0.05) is 28.1 Å². The van der Waals surface area contributed by atoms with Gasteiger partial charge in [0.05, 0.1) is 12.2 Å². The number of carbonyl (C=O) groups is 2. The van der Waals surface area contributed by atoms with Crippen LogP contribution in [0.25, 0.3) is 0 Å². The Morgan fingerprint density at radius 3 is 2.38 bits per heavy atom. The number of anilines is 1. The molecular formula is C15H12BrFN2O2. The summed E-state index contributed by atoms with van der Waals surface area (Å²) in [7, 11) is 0. The molecule has 0 heterocycles. The second kappa shape index (κ2) is 6.99. The van der Waals surface area contributed by atoms with Gasteiger partial charge >= 0.3 is 0 Å². The van der Waals surface area contributed by atoms with Crippen molar-refractivity contribution in [3.63, 3.8) is 0 Å². The summed E-state index contributed by atoms with van der Waals surface area (Å²) in [6.45, 7) is -0.233. The first-order valence-corrected chi connectivity index (χ1v) is 6.94. The summed E-state index contributed by atoms with van der Waals surface area (Å²) >= 11 is 3.27. The van der Waals surface area contributed by atoms with Crippen LogP contribution in [0, 0.1) is 5.82 Å². The predicted octanol–water partition coefficient (Wildman–Crippen LogP) is 2.96. The van der Waals surface area contributed by atoms with Crippen molar-refractivity contribution in [2.45, 2.75) is 0 Å². The number of halogens is 2. The van der Waals surface area contributed by atoms with Gasteiger partial charge in [0.25, 0.3) is 5.91 Å². The molecule has 2 aromatic carbocycles. The third kappa shape index (κ3) is 4.39. The van der Waals surface area contributed by atoms with Gasteiger partial charge in [0.15, 0.2) is 0 Å². The van der Waals surface area contributed by atoms with Crippen LogP contribution >= 0.6 is 15.9 Å². The van der Waals surface area contributed by atoms with E-state index in [1.54, 1.807) is 30.3 Å². The van der Waals surface area contributed by atoms with Crippen LogP contribution in [0.15, 0.2) is 53.0 Å². The number of hydrogen-bond donors (Lipinski definition) is 2. The molecule has 0 spiro atoms. The minimum Gasteiger partial charge on any atom is -0.343 e. The molecule has 4 nitrogen and oxygen atoms in total. The normalized spacial score (nSPS) is 10.0. The van der Waals surface area contributed by atoms with Crippen LogP contribution in [0.4, 0.5) is 10.1 Å². The minimum absolute atomic E-state index is 0.0837. The molecule has 0 unspecified atom stereocenters. The number of nitrogens with one attached hydrogen (secondary N) is 2. The van der Waals surface area contributed by atoms with Gasteiger partial charge < -0.3 is 10.6 Å². The first-order valence-electron chi connectivity index (χ1n) is 6.14. The lowest BCUT2D eigenvalue weighted by molar-refractivity contribution is -0.115. The van der Waals surface area contributed by atoms with E-state index in [4.69, 9.17) is 0 Å². The monoisotopic (exact) mass is 350 g/mol. The zero-order valence-corrected chi connectivity index (χ0v) is 12.5. The zero-order valence-electron chi connectivity index (χ0n) is 10.9. The summed E-state index contributed by atoms with van der Waals surface area (Å²) in [4.78, 5) is 23.5. The smallest absolute Gasteiger partial charge is 0.251 e. The summed E-state index contributed by atoms with van der Waals surface area (Å²) in [5.41, 5.74) is 0.525. The van der Waals surface area contributed by atoms with E-state index in [0.717, 1.165) is 4.47 Å². The van der Waals surface area contributed by atoms with Crippen LogP contribution in [-0.2, 0) is 4.79 Å². The lowest BCUT2D eigenvalue weighted by Crippen LogP contribution is -2.33. The van der Waals surface area contributed by atoms with Crippen molar-refractivity contribution in [3.05, 3.63) is 64.4 Å². The van der Waals surface area contributed by atoms with Gasteiger partial charge in [0.2, 0.25) is 5.91 Å². The van der Waals surface area contributed by atoms with E-state index in [2.05, 4.69) is 26.6 Å². The highest BCUT2D eigenvalue weighted by atomic mass is 79.9. The van der Waals surface area contributed by atoms with Crippen LogP contribution in [0.5, 0.6) is 0 Å². The summed E-state index contributed by atoms with van der Waals surface area (Å²) in [6.07, 6.45) is 0. The van der Waals surface area contributed by atoms with Crippen LogP contribution in [0.2, 0.25) is 0 Å². The Labute approximate surface area is 129 Å². The Kier molecular flexibility index (Phi) is 5.05. The third-order valence-electron chi connectivity index (χ3n) is 2.66. The molecule has 2 aromatic rings. The van der Waals surface area contributed by atoms with Crippen molar-refractivity contribution in [3.8, 4) is 0 Å². The topological polar surface area (TPSA) is 58.2 Å². The standard InChI is InChI=1S/C15H12BrFN2O2/c16-11-7-5-10(6-8-11)15(21)18-9-14(20)19-13-4-2-1-3-12(13)17/h1-8H,9H2,(H,18,21)(H,19,20). The lowest BCUT2D eigenvalue weighted by Gasteiger charge is -2.07. The van der Waals surface area contributed by atoms with Gasteiger partial charge in [-0.2, -0.15) is 0 Å². The van der Waals surface area contributed by atoms with E-state index in [9.17, 15) is 14.0 Å². The lowest BCUT2D eigenvalue weighted by atomic mass is 10.2. The third-order valence-corrected chi connectivity index (χ3v) is 3.19. The van der Waals surface area contributed by atoms with E-state index in [1.807, 2.05) is 0 Å². The van der Waals surface area contributed by atoms with Crippen molar-refractivity contribution >= 4 is 33.4 Å². The molecule has 0 fully saturated rings. The van der Waals surface area contributed by atoms with Crippen molar-refractivity contribution in [2.75, 3.05) is 11.9 Å². The average molecular weight is 351 g/mol. The van der Waals surface area contributed by atoms with E-state index >= 15 is 0 Å². The molecule has 0 aliphatic heterocycles. The molecule has 6 heteroatoms. The first-order chi connectivity index (χ1) is 10.1.